The van der Waals surface area contributed by atoms with Gasteiger partial charge in [0.25, 0.3) is 0 Å². The topological polar surface area (TPSA) is 84.2 Å². The number of nitrogens with zero attached hydrogens (tertiary/aromatic N) is 2. The molecule has 0 radical (unpaired) electrons. The Kier molecular flexibility index (Phi) is 4.27. The lowest BCUT2D eigenvalue weighted by atomic mass is 9.62. The summed E-state index contributed by atoms with van der Waals surface area (Å²) in [5.41, 5.74) is 0. The van der Waals surface area contributed by atoms with Gasteiger partial charge in [-0.05, 0) is 31.1 Å². The van der Waals surface area contributed by atoms with E-state index in [0.29, 0.717) is 6.54 Å². The number of carbonyl (C=O) groups excluding carboxylic acids is 1. The lowest BCUT2D eigenvalue weighted by molar-refractivity contribution is -0.152. The van der Waals surface area contributed by atoms with Crippen molar-refractivity contribution in [1.29, 1.82) is 0 Å². The molecule has 1 heterocycles. The van der Waals surface area contributed by atoms with Gasteiger partial charge in [0.05, 0.1) is 18.2 Å². The summed E-state index contributed by atoms with van der Waals surface area (Å²) in [6.45, 7) is 1.35. The van der Waals surface area contributed by atoms with E-state index in [9.17, 15) is 14.7 Å². The molecule has 1 amide bonds. The van der Waals surface area contributed by atoms with Gasteiger partial charge in [0.15, 0.2) is 0 Å². The van der Waals surface area contributed by atoms with Gasteiger partial charge in [-0.1, -0.05) is 12.2 Å². The Hall–Kier alpha value is -2.11. The molecule has 1 aromatic rings. The van der Waals surface area contributed by atoms with E-state index in [0.717, 1.165) is 25.8 Å². The van der Waals surface area contributed by atoms with E-state index in [-0.39, 0.29) is 17.7 Å². The summed E-state index contributed by atoms with van der Waals surface area (Å²) < 4.78 is 1.96. The maximum atomic E-state index is 12.4. The molecule has 0 aromatic carbocycles. The van der Waals surface area contributed by atoms with Crippen LogP contribution in [0.25, 0.3) is 0 Å². The van der Waals surface area contributed by atoms with Gasteiger partial charge >= 0.3 is 5.97 Å². The van der Waals surface area contributed by atoms with E-state index in [1.165, 1.54) is 0 Å². The minimum Gasteiger partial charge on any atom is -0.481 e. The van der Waals surface area contributed by atoms with Gasteiger partial charge in [0, 0.05) is 25.5 Å². The molecular formula is C16H21N3O3. The van der Waals surface area contributed by atoms with Gasteiger partial charge in [-0.25, -0.2) is 4.98 Å². The predicted molar refractivity (Wildman–Crippen MR) is 79.8 cm³/mol. The van der Waals surface area contributed by atoms with Gasteiger partial charge in [0.2, 0.25) is 5.91 Å². The van der Waals surface area contributed by atoms with Crippen molar-refractivity contribution in [3.05, 3.63) is 30.9 Å². The summed E-state index contributed by atoms with van der Waals surface area (Å²) in [6.07, 6.45) is 12.0. The van der Waals surface area contributed by atoms with Crippen molar-refractivity contribution in [3.63, 3.8) is 0 Å². The number of amides is 1. The molecule has 0 saturated heterocycles. The Balaban J connectivity index is 1.54. The number of aliphatic carboxylic acids is 1. The summed E-state index contributed by atoms with van der Waals surface area (Å²) >= 11 is 0. The number of allylic oxidation sites excluding steroid dienone is 2. The number of aromatic nitrogens is 2. The number of hydrogen-bond acceptors (Lipinski definition) is 3. The van der Waals surface area contributed by atoms with E-state index < -0.39 is 17.8 Å². The molecule has 3 aliphatic carbocycles. The van der Waals surface area contributed by atoms with Crippen molar-refractivity contribution in [1.82, 2.24) is 14.9 Å². The fourth-order valence-electron chi connectivity index (χ4n) is 3.70. The fraction of sp³-hybridized carbons (Fsp3) is 0.562. The third-order valence-corrected chi connectivity index (χ3v) is 4.79. The van der Waals surface area contributed by atoms with Gasteiger partial charge < -0.3 is 15.0 Å². The summed E-state index contributed by atoms with van der Waals surface area (Å²) in [4.78, 5) is 27.9. The molecule has 1 aromatic heterocycles. The number of hydrogen-bond donors (Lipinski definition) is 2. The smallest absolute Gasteiger partial charge is 0.307 e. The molecule has 4 rings (SSSR count). The molecule has 22 heavy (non-hydrogen) atoms. The lowest BCUT2D eigenvalue weighted by Gasteiger charge is -2.41. The van der Waals surface area contributed by atoms with Gasteiger partial charge in [-0.15, -0.1) is 0 Å². The number of aryl methyl sites for hydroxylation is 1. The molecule has 0 unspecified atom stereocenters. The van der Waals surface area contributed by atoms with Gasteiger partial charge in [-0.3, -0.25) is 9.59 Å². The first-order chi connectivity index (χ1) is 10.7. The zero-order valence-corrected chi connectivity index (χ0v) is 12.4. The van der Waals surface area contributed by atoms with Crippen molar-refractivity contribution in [2.24, 2.45) is 23.7 Å². The zero-order valence-electron chi connectivity index (χ0n) is 12.4. The monoisotopic (exact) mass is 303 g/mol. The van der Waals surface area contributed by atoms with Crippen LogP contribution in [0.1, 0.15) is 19.3 Å². The normalized spacial score (nSPS) is 29.5. The van der Waals surface area contributed by atoms with Gasteiger partial charge in [-0.2, -0.15) is 0 Å². The fourth-order valence-corrected chi connectivity index (χ4v) is 3.70. The molecule has 1 fully saturated rings. The lowest BCUT2D eigenvalue weighted by Crippen LogP contribution is -2.49. The molecule has 6 nitrogen and oxygen atoms in total. The van der Waals surface area contributed by atoms with E-state index in [1.54, 1.807) is 12.5 Å². The van der Waals surface area contributed by atoms with Crippen molar-refractivity contribution in [3.8, 4) is 0 Å². The Labute approximate surface area is 129 Å². The van der Waals surface area contributed by atoms with Crippen LogP contribution in [0.5, 0.6) is 0 Å². The first-order valence-electron chi connectivity index (χ1n) is 7.81. The largest absolute Gasteiger partial charge is 0.481 e. The maximum Gasteiger partial charge on any atom is 0.307 e. The standard InChI is InChI=1S/C16H21N3O3/c20-15(18-6-1-8-19-9-7-17-10-19)13-11-2-4-12(5-3-11)14(13)16(21)22/h2,4,7,9-14H,1,3,5-6,8H2,(H,18,20)(H,21,22)/t11-,12-,13-,14-/m0/s1. The van der Waals surface area contributed by atoms with Crippen molar-refractivity contribution < 1.29 is 14.7 Å². The molecule has 1 saturated carbocycles. The molecule has 2 N–H and O–H groups in total. The summed E-state index contributed by atoms with van der Waals surface area (Å²) in [5, 5.41) is 12.4. The first kappa shape index (κ1) is 14.8. The van der Waals surface area contributed by atoms with Crippen LogP contribution in [-0.4, -0.2) is 33.1 Å². The Morgan fingerprint density at radius 1 is 1.23 bits per heavy atom. The Bertz CT molecular complexity index is 567. The molecular weight excluding hydrogens is 282 g/mol. The van der Waals surface area contributed by atoms with Crippen LogP contribution in [0, 0.1) is 23.7 Å². The highest BCUT2D eigenvalue weighted by atomic mass is 16.4. The van der Waals surface area contributed by atoms with E-state index in [2.05, 4.69) is 10.3 Å². The van der Waals surface area contributed by atoms with Crippen molar-refractivity contribution >= 4 is 11.9 Å². The second-order valence-corrected chi connectivity index (χ2v) is 6.12. The van der Waals surface area contributed by atoms with E-state index in [1.807, 2.05) is 22.9 Å². The highest BCUT2D eigenvalue weighted by molar-refractivity contribution is 5.86. The third-order valence-electron chi connectivity index (χ3n) is 4.79. The number of nitrogens with one attached hydrogen (secondary N) is 1. The number of carboxylic acids is 1. The molecule has 0 spiro atoms. The average Bonchev–Trinajstić information content (AvgIpc) is 3.04. The molecule has 118 valence electrons. The van der Waals surface area contributed by atoms with Crippen LogP contribution in [0.3, 0.4) is 0 Å². The quantitative estimate of drug-likeness (QED) is 0.613. The van der Waals surface area contributed by atoms with Gasteiger partial charge in [0.1, 0.15) is 0 Å². The number of imidazole rings is 1. The number of carbonyl (C=O) groups is 2. The summed E-state index contributed by atoms with van der Waals surface area (Å²) in [7, 11) is 0. The van der Waals surface area contributed by atoms with Crippen LogP contribution in [0.4, 0.5) is 0 Å². The van der Waals surface area contributed by atoms with E-state index >= 15 is 0 Å². The van der Waals surface area contributed by atoms with Crippen LogP contribution in [-0.2, 0) is 16.1 Å². The minimum atomic E-state index is -0.849. The Morgan fingerprint density at radius 3 is 2.55 bits per heavy atom. The SMILES string of the molecule is O=C(O)[C@@H]1[C@@H](C(=O)NCCCn2ccnc2)[C@H]2C=C[C@H]1CC2. The number of fused-ring (bicyclic) bond motifs is 2. The average molecular weight is 303 g/mol. The second kappa shape index (κ2) is 6.34. The first-order valence-corrected chi connectivity index (χ1v) is 7.81. The number of rotatable bonds is 6. The molecule has 4 atom stereocenters. The summed E-state index contributed by atoms with van der Waals surface area (Å²) in [5.74, 6) is -1.88. The maximum absolute atomic E-state index is 12.4. The van der Waals surface area contributed by atoms with Crippen molar-refractivity contribution in [2.75, 3.05) is 6.54 Å². The predicted octanol–water partition coefficient (Wildman–Crippen LogP) is 1.30. The molecule has 6 heteroatoms. The van der Waals surface area contributed by atoms with Crippen LogP contribution >= 0.6 is 0 Å². The minimum absolute atomic E-state index is 0.00389. The highest BCUT2D eigenvalue weighted by Crippen LogP contribution is 2.44. The van der Waals surface area contributed by atoms with Crippen LogP contribution in [0.2, 0.25) is 0 Å². The van der Waals surface area contributed by atoms with E-state index in [4.69, 9.17) is 0 Å². The number of carboxylic acid groups (broad SMARTS) is 1. The Morgan fingerprint density at radius 2 is 1.95 bits per heavy atom. The summed E-state index contributed by atoms with van der Waals surface area (Å²) in [6, 6.07) is 0. The molecule has 0 aliphatic heterocycles. The third kappa shape index (κ3) is 2.91. The van der Waals surface area contributed by atoms with Crippen LogP contribution < -0.4 is 5.32 Å². The van der Waals surface area contributed by atoms with Crippen molar-refractivity contribution in [2.45, 2.75) is 25.8 Å². The molecule has 3 aliphatic rings. The van der Waals surface area contributed by atoms with Crippen LogP contribution in [0.15, 0.2) is 30.9 Å². The molecule has 2 bridgehead atoms. The zero-order chi connectivity index (χ0) is 15.5. The second-order valence-electron chi connectivity index (χ2n) is 6.12. The highest BCUT2D eigenvalue weighted by Gasteiger charge is 2.47.